The molecule has 0 bridgehead atoms. The largest absolute Gasteiger partial charge is 0.337 e. The quantitative estimate of drug-likeness (QED) is 0.841. The fourth-order valence-corrected chi connectivity index (χ4v) is 3.70. The molecule has 0 spiro atoms. The minimum absolute atomic E-state index is 0.0197. The molecule has 1 aliphatic rings. The molecule has 0 saturated carbocycles. The van der Waals surface area contributed by atoms with E-state index in [9.17, 15) is 13.2 Å². The Morgan fingerprint density at radius 1 is 1.27 bits per heavy atom. The van der Waals surface area contributed by atoms with Crippen LogP contribution in [0.25, 0.3) is 0 Å². The van der Waals surface area contributed by atoms with Crippen molar-refractivity contribution < 1.29 is 13.2 Å². The van der Waals surface area contributed by atoms with E-state index in [1.165, 1.54) is 19.1 Å². The van der Waals surface area contributed by atoms with Crippen LogP contribution in [0.15, 0.2) is 0 Å². The highest BCUT2D eigenvalue weighted by molar-refractivity contribution is 7.90. The third-order valence-electron chi connectivity index (χ3n) is 4.49. The van der Waals surface area contributed by atoms with Crippen molar-refractivity contribution >= 4 is 15.9 Å². The van der Waals surface area contributed by atoms with Crippen LogP contribution in [0.3, 0.4) is 0 Å². The summed E-state index contributed by atoms with van der Waals surface area (Å²) in [5, 5.41) is 3.00. The van der Waals surface area contributed by atoms with E-state index < -0.39 is 9.84 Å². The van der Waals surface area contributed by atoms with Gasteiger partial charge in [0.1, 0.15) is 9.84 Å². The number of hydrogen-bond acceptors (Lipinski definition) is 3. The number of sulfone groups is 1. The molecule has 0 aromatic carbocycles. The fraction of sp³-hybridized carbons (Fsp3) is 0.938. The standard InChI is InChI=1S/C16H32N2O3S/c1-13-7-6-8-14(2)18(11-13)15(19)17-12-16(3,4)9-10-22(5,20)21/h13-14H,6-12H2,1-5H3,(H,17,19). The van der Waals surface area contributed by atoms with Gasteiger partial charge in [-0.1, -0.05) is 27.2 Å². The molecule has 1 saturated heterocycles. The maximum Gasteiger partial charge on any atom is 0.317 e. The number of amides is 2. The number of urea groups is 1. The molecular weight excluding hydrogens is 300 g/mol. The van der Waals surface area contributed by atoms with Crippen LogP contribution in [0.5, 0.6) is 0 Å². The summed E-state index contributed by atoms with van der Waals surface area (Å²) in [6.45, 7) is 9.58. The van der Waals surface area contributed by atoms with Crippen molar-refractivity contribution in [3.8, 4) is 0 Å². The first-order chi connectivity index (χ1) is 10.0. The summed E-state index contributed by atoms with van der Waals surface area (Å²) in [6.07, 6.45) is 5.20. The van der Waals surface area contributed by atoms with Crippen molar-refractivity contribution in [2.24, 2.45) is 11.3 Å². The Morgan fingerprint density at radius 3 is 2.50 bits per heavy atom. The van der Waals surface area contributed by atoms with Crippen LogP contribution in [0.1, 0.15) is 53.4 Å². The van der Waals surface area contributed by atoms with Crippen LogP contribution >= 0.6 is 0 Å². The van der Waals surface area contributed by atoms with E-state index in [0.29, 0.717) is 18.9 Å². The van der Waals surface area contributed by atoms with Gasteiger partial charge in [0.2, 0.25) is 0 Å². The van der Waals surface area contributed by atoms with Crippen molar-refractivity contribution in [2.45, 2.75) is 59.4 Å². The molecule has 1 heterocycles. The zero-order valence-corrected chi connectivity index (χ0v) is 15.5. The first-order valence-electron chi connectivity index (χ1n) is 8.22. The molecule has 1 rings (SSSR count). The number of carbonyl (C=O) groups excluding carboxylic acids is 1. The van der Waals surface area contributed by atoms with E-state index in [4.69, 9.17) is 0 Å². The highest BCUT2D eigenvalue weighted by Gasteiger charge is 2.27. The molecular formula is C16H32N2O3S. The SMILES string of the molecule is CC1CCCC(C)N(C(=O)NCC(C)(C)CCS(C)(=O)=O)C1. The van der Waals surface area contributed by atoms with Gasteiger partial charge in [0.25, 0.3) is 0 Å². The average molecular weight is 333 g/mol. The second kappa shape index (κ2) is 7.66. The number of hydrogen-bond donors (Lipinski definition) is 1. The summed E-state index contributed by atoms with van der Waals surface area (Å²) < 4.78 is 22.6. The lowest BCUT2D eigenvalue weighted by Crippen LogP contribution is -2.48. The Kier molecular flexibility index (Phi) is 6.71. The van der Waals surface area contributed by atoms with Crippen molar-refractivity contribution in [3.05, 3.63) is 0 Å². The minimum Gasteiger partial charge on any atom is -0.337 e. The van der Waals surface area contributed by atoms with Crippen LogP contribution in [0.2, 0.25) is 0 Å². The monoisotopic (exact) mass is 332 g/mol. The number of rotatable bonds is 5. The van der Waals surface area contributed by atoms with Crippen molar-refractivity contribution in [1.29, 1.82) is 0 Å². The predicted octanol–water partition coefficient (Wildman–Crippen LogP) is 2.67. The number of nitrogens with zero attached hydrogens (tertiary/aromatic N) is 1. The molecule has 2 amide bonds. The van der Waals surface area contributed by atoms with Crippen molar-refractivity contribution in [2.75, 3.05) is 25.1 Å². The molecule has 6 heteroatoms. The summed E-state index contributed by atoms with van der Waals surface area (Å²) in [4.78, 5) is 14.4. The van der Waals surface area contributed by atoms with E-state index in [1.54, 1.807) is 0 Å². The normalized spacial score (nSPS) is 24.0. The first-order valence-corrected chi connectivity index (χ1v) is 10.3. The molecule has 2 unspecified atom stereocenters. The molecule has 5 nitrogen and oxygen atoms in total. The smallest absolute Gasteiger partial charge is 0.317 e. The molecule has 130 valence electrons. The highest BCUT2D eigenvalue weighted by Crippen LogP contribution is 2.22. The molecule has 0 aliphatic carbocycles. The van der Waals surface area contributed by atoms with Crippen molar-refractivity contribution in [1.82, 2.24) is 10.2 Å². The second-order valence-electron chi connectivity index (χ2n) is 7.74. The van der Waals surface area contributed by atoms with E-state index in [1.807, 2.05) is 18.7 Å². The summed E-state index contributed by atoms with van der Waals surface area (Å²) in [6, 6.07) is 0.248. The van der Waals surface area contributed by atoms with Crippen LogP contribution in [0.4, 0.5) is 4.79 Å². The van der Waals surface area contributed by atoms with E-state index in [-0.39, 0.29) is 23.2 Å². The van der Waals surface area contributed by atoms with E-state index in [0.717, 1.165) is 13.0 Å². The van der Waals surface area contributed by atoms with Gasteiger partial charge in [0.05, 0.1) is 5.75 Å². The van der Waals surface area contributed by atoms with Gasteiger partial charge >= 0.3 is 6.03 Å². The lowest BCUT2D eigenvalue weighted by atomic mass is 9.90. The predicted molar refractivity (Wildman–Crippen MR) is 90.7 cm³/mol. The third kappa shape index (κ3) is 6.99. The second-order valence-corrected chi connectivity index (χ2v) is 10.0. The molecule has 2 atom stereocenters. The Morgan fingerprint density at radius 2 is 1.91 bits per heavy atom. The maximum absolute atomic E-state index is 12.5. The van der Waals surface area contributed by atoms with Gasteiger partial charge in [-0.3, -0.25) is 0 Å². The van der Waals surface area contributed by atoms with E-state index >= 15 is 0 Å². The molecule has 0 aromatic heterocycles. The van der Waals surface area contributed by atoms with Gasteiger partial charge in [-0.15, -0.1) is 0 Å². The molecule has 22 heavy (non-hydrogen) atoms. The summed E-state index contributed by atoms with van der Waals surface area (Å²) >= 11 is 0. The Hall–Kier alpha value is -0.780. The van der Waals surface area contributed by atoms with Crippen LogP contribution in [-0.2, 0) is 9.84 Å². The zero-order valence-electron chi connectivity index (χ0n) is 14.7. The lowest BCUT2D eigenvalue weighted by molar-refractivity contribution is 0.168. The van der Waals surface area contributed by atoms with Crippen molar-refractivity contribution in [3.63, 3.8) is 0 Å². The van der Waals surface area contributed by atoms with Gasteiger partial charge < -0.3 is 10.2 Å². The zero-order chi connectivity index (χ0) is 17.0. The van der Waals surface area contributed by atoms with Gasteiger partial charge in [-0.2, -0.15) is 0 Å². The molecule has 0 aromatic rings. The summed E-state index contributed by atoms with van der Waals surface area (Å²) in [5.41, 5.74) is -0.223. The van der Waals surface area contributed by atoms with Gasteiger partial charge in [0, 0.05) is 25.4 Å². The molecule has 0 radical (unpaired) electrons. The topological polar surface area (TPSA) is 66.5 Å². The van der Waals surface area contributed by atoms with Crippen LogP contribution in [0, 0.1) is 11.3 Å². The summed E-state index contributed by atoms with van der Waals surface area (Å²) in [7, 11) is -2.96. The summed E-state index contributed by atoms with van der Waals surface area (Å²) in [5.74, 6) is 0.696. The first kappa shape index (κ1) is 19.3. The molecule has 1 fully saturated rings. The van der Waals surface area contributed by atoms with Crippen LogP contribution < -0.4 is 5.32 Å². The highest BCUT2D eigenvalue weighted by atomic mass is 32.2. The van der Waals surface area contributed by atoms with Gasteiger partial charge in [-0.05, 0) is 37.5 Å². The maximum atomic E-state index is 12.5. The van der Waals surface area contributed by atoms with Gasteiger partial charge in [0.15, 0.2) is 0 Å². The lowest BCUT2D eigenvalue weighted by Gasteiger charge is -2.31. The number of likely N-dealkylation sites (tertiary alicyclic amines) is 1. The third-order valence-corrected chi connectivity index (χ3v) is 5.43. The van der Waals surface area contributed by atoms with Crippen LogP contribution in [-0.4, -0.2) is 50.5 Å². The number of carbonyl (C=O) groups is 1. The number of nitrogens with one attached hydrogen (secondary N) is 1. The fourth-order valence-electron chi connectivity index (χ4n) is 2.77. The molecule has 1 aliphatic heterocycles. The Bertz CT molecular complexity index is 474. The Balaban J connectivity index is 2.52. The molecule has 1 N–H and O–H groups in total. The van der Waals surface area contributed by atoms with E-state index in [2.05, 4.69) is 19.2 Å². The average Bonchev–Trinajstić information content (AvgIpc) is 2.55. The van der Waals surface area contributed by atoms with Gasteiger partial charge in [-0.25, -0.2) is 13.2 Å². The Labute approximate surface area is 135 Å². The minimum atomic E-state index is -2.96.